The van der Waals surface area contributed by atoms with Gasteiger partial charge in [-0.1, -0.05) is 0 Å². The third-order valence-electron chi connectivity index (χ3n) is 1.90. The Morgan fingerprint density at radius 3 is 2.59 bits per heavy atom. The van der Waals surface area contributed by atoms with Crippen molar-refractivity contribution < 1.29 is 19.6 Å². The second-order valence-electron chi connectivity index (χ2n) is 3.05. The number of carboxylic acids is 1. The SMILES string of the molecule is NCC(=O)Nc1ccc(C(=O)O)cc1[N+](=O)[O-]. The van der Waals surface area contributed by atoms with Gasteiger partial charge in [0.1, 0.15) is 5.69 Å². The maximum Gasteiger partial charge on any atom is 0.335 e. The van der Waals surface area contributed by atoms with Crippen LogP contribution < -0.4 is 11.1 Å². The maximum atomic E-state index is 11.0. The molecule has 0 saturated carbocycles. The van der Waals surface area contributed by atoms with Crippen molar-refractivity contribution >= 4 is 23.3 Å². The van der Waals surface area contributed by atoms with Crippen LogP contribution in [-0.4, -0.2) is 28.5 Å². The molecule has 0 bridgehead atoms. The second-order valence-corrected chi connectivity index (χ2v) is 3.05. The fourth-order valence-corrected chi connectivity index (χ4v) is 1.12. The minimum absolute atomic E-state index is 0.0875. The molecule has 0 atom stereocenters. The molecule has 8 nitrogen and oxygen atoms in total. The number of nitrogens with two attached hydrogens (primary N) is 1. The number of carbonyl (C=O) groups is 2. The molecule has 1 rings (SSSR count). The summed E-state index contributed by atoms with van der Waals surface area (Å²) in [5, 5.41) is 21.6. The Morgan fingerprint density at radius 2 is 2.12 bits per heavy atom. The summed E-state index contributed by atoms with van der Waals surface area (Å²) >= 11 is 0. The number of nitrogens with one attached hydrogen (secondary N) is 1. The zero-order chi connectivity index (χ0) is 13.0. The molecule has 0 unspecified atom stereocenters. The van der Waals surface area contributed by atoms with Crippen LogP contribution in [0.15, 0.2) is 18.2 Å². The van der Waals surface area contributed by atoms with E-state index in [0.29, 0.717) is 0 Å². The van der Waals surface area contributed by atoms with Crippen LogP contribution in [0.5, 0.6) is 0 Å². The van der Waals surface area contributed by atoms with Gasteiger partial charge in [-0.25, -0.2) is 4.79 Å². The Kier molecular flexibility index (Phi) is 3.73. The van der Waals surface area contributed by atoms with Crippen LogP contribution >= 0.6 is 0 Å². The number of nitrogens with zero attached hydrogens (tertiary/aromatic N) is 1. The third-order valence-corrected chi connectivity index (χ3v) is 1.90. The molecular weight excluding hydrogens is 230 g/mol. The van der Waals surface area contributed by atoms with E-state index in [1.165, 1.54) is 0 Å². The average molecular weight is 239 g/mol. The molecule has 4 N–H and O–H groups in total. The minimum atomic E-state index is -1.29. The van der Waals surface area contributed by atoms with Crippen molar-refractivity contribution in [2.75, 3.05) is 11.9 Å². The van der Waals surface area contributed by atoms with Crippen LogP contribution in [0.3, 0.4) is 0 Å². The smallest absolute Gasteiger partial charge is 0.335 e. The zero-order valence-corrected chi connectivity index (χ0v) is 8.54. The van der Waals surface area contributed by atoms with Crippen molar-refractivity contribution in [2.45, 2.75) is 0 Å². The normalized spacial score (nSPS) is 9.71. The number of rotatable bonds is 4. The molecule has 1 aromatic carbocycles. The van der Waals surface area contributed by atoms with Crippen LogP contribution in [0, 0.1) is 10.1 Å². The highest BCUT2D eigenvalue weighted by Crippen LogP contribution is 2.25. The summed E-state index contributed by atoms with van der Waals surface area (Å²) in [6.45, 7) is -0.322. The first kappa shape index (κ1) is 12.6. The summed E-state index contributed by atoms with van der Waals surface area (Å²) in [6.07, 6.45) is 0. The van der Waals surface area contributed by atoms with Gasteiger partial charge in [-0.15, -0.1) is 0 Å². The fourth-order valence-electron chi connectivity index (χ4n) is 1.12. The van der Waals surface area contributed by atoms with Crippen molar-refractivity contribution in [1.82, 2.24) is 0 Å². The Morgan fingerprint density at radius 1 is 1.47 bits per heavy atom. The van der Waals surface area contributed by atoms with E-state index in [9.17, 15) is 19.7 Å². The van der Waals surface area contributed by atoms with E-state index in [-0.39, 0.29) is 17.8 Å². The van der Waals surface area contributed by atoms with Gasteiger partial charge in [0.25, 0.3) is 5.69 Å². The number of nitro groups is 1. The van der Waals surface area contributed by atoms with Crippen molar-refractivity contribution in [3.8, 4) is 0 Å². The molecule has 90 valence electrons. The Balaban J connectivity index is 3.17. The summed E-state index contributed by atoms with van der Waals surface area (Å²) < 4.78 is 0. The van der Waals surface area contributed by atoms with Crippen LogP contribution in [0.4, 0.5) is 11.4 Å². The van der Waals surface area contributed by atoms with Crippen LogP contribution in [0.2, 0.25) is 0 Å². The first-order valence-electron chi connectivity index (χ1n) is 4.47. The lowest BCUT2D eigenvalue weighted by Gasteiger charge is -2.05. The highest BCUT2D eigenvalue weighted by atomic mass is 16.6. The molecular formula is C9H9N3O5. The van der Waals surface area contributed by atoms with Crippen molar-refractivity contribution in [3.05, 3.63) is 33.9 Å². The van der Waals surface area contributed by atoms with Gasteiger partial charge in [0.2, 0.25) is 5.91 Å². The molecule has 0 spiro atoms. The van der Waals surface area contributed by atoms with Gasteiger partial charge in [0, 0.05) is 6.07 Å². The number of hydrogen-bond donors (Lipinski definition) is 3. The summed E-state index contributed by atoms with van der Waals surface area (Å²) in [5.41, 5.74) is 4.23. The number of nitro benzene ring substituents is 1. The minimum Gasteiger partial charge on any atom is -0.478 e. The molecule has 17 heavy (non-hydrogen) atoms. The Bertz CT molecular complexity index is 486. The molecule has 1 aromatic rings. The fraction of sp³-hybridized carbons (Fsp3) is 0.111. The van der Waals surface area contributed by atoms with Crippen molar-refractivity contribution in [1.29, 1.82) is 0 Å². The first-order valence-corrected chi connectivity index (χ1v) is 4.47. The van der Waals surface area contributed by atoms with Crippen molar-refractivity contribution in [2.24, 2.45) is 5.73 Å². The van der Waals surface area contributed by atoms with E-state index >= 15 is 0 Å². The van der Waals surface area contributed by atoms with Gasteiger partial charge < -0.3 is 16.2 Å². The largest absolute Gasteiger partial charge is 0.478 e. The molecule has 0 aliphatic rings. The van der Waals surface area contributed by atoms with Crippen LogP contribution in [-0.2, 0) is 4.79 Å². The Hall–Kier alpha value is -2.48. The molecule has 0 radical (unpaired) electrons. The maximum absolute atomic E-state index is 11.0. The molecule has 0 aliphatic heterocycles. The molecule has 0 heterocycles. The summed E-state index contributed by atoms with van der Waals surface area (Å²) in [7, 11) is 0. The van der Waals surface area contributed by atoms with Gasteiger partial charge in [-0.05, 0) is 12.1 Å². The highest BCUT2D eigenvalue weighted by molar-refractivity contribution is 5.96. The summed E-state index contributed by atoms with van der Waals surface area (Å²) in [5.74, 6) is -1.89. The number of amides is 1. The van der Waals surface area contributed by atoms with Gasteiger partial charge in [-0.2, -0.15) is 0 Å². The topological polar surface area (TPSA) is 136 Å². The summed E-state index contributed by atoms with van der Waals surface area (Å²) in [6, 6.07) is 3.17. The number of aromatic carboxylic acids is 1. The van der Waals surface area contributed by atoms with E-state index < -0.39 is 22.5 Å². The quantitative estimate of drug-likeness (QED) is 0.506. The van der Waals surface area contributed by atoms with Gasteiger partial charge in [0.15, 0.2) is 0 Å². The Labute approximate surface area is 95.2 Å². The number of benzene rings is 1. The van der Waals surface area contributed by atoms with Crippen LogP contribution in [0.1, 0.15) is 10.4 Å². The molecule has 8 heteroatoms. The summed E-state index contributed by atoms with van der Waals surface area (Å²) in [4.78, 5) is 31.6. The van der Waals surface area contributed by atoms with Gasteiger partial charge in [-0.3, -0.25) is 14.9 Å². The highest BCUT2D eigenvalue weighted by Gasteiger charge is 2.18. The third kappa shape index (κ3) is 2.98. The first-order chi connectivity index (χ1) is 7.95. The van der Waals surface area contributed by atoms with Crippen molar-refractivity contribution in [3.63, 3.8) is 0 Å². The standard InChI is InChI=1S/C9H9N3O5/c10-4-8(13)11-6-2-1-5(9(14)15)3-7(6)12(16)17/h1-3H,4,10H2,(H,11,13)(H,14,15). The van der Waals surface area contributed by atoms with E-state index in [1.807, 2.05) is 0 Å². The lowest BCUT2D eigenvalue weighted by atomic mass is 10.1. The molecule has 0 saturated heterocycles. The predicted octanol–water partition coefficient (Wildman–Crippen LogP) is 0.190. The monoisotopic (exact) mass is 239 g/mol. The van der Waals surface area contributed by atoms with Gasteiger partial charge in [0.05, 0.1) is 17.0 Å². The van der Waals surface area contributed by atoms with Gasteiger partial charge >= 0.3 is 5.97 Å². The lowest BCUT2D eigenvalue weighted by molar-refractivity contribution is -0.384. The average Bonchev–Trinajstić information content (AvgIpc) is 2.28. The number of carbonyl (C=O) groups excluding carboxylic acids is 1. The molecule has 0 aliphatic carbocycles. The van der Waals surface area contributed by atoms with E-state index in [0.717, 1.165) is 18.2 Å². The van der Waals surface area contributed by atoms with E-state index in [4.69, 9.17) is 10.8 Å². The number of hydrogen-bond acceptors (Lipinski definition) is 5. The van der Waals surface area contributed by atoms with E-state index in [2.05, 4.69) is 5.32 Å². The molecule has 0 fully saturated rings. The van der Waals surface area contributed by atoms with Crippen LogP contribution in [0.25, 0.3) is 0 Å². The van der Waals surface area contributed by atoms with E-state index in [1.54, 1.807) is 0 Å². The molecule has 0 aromatic heterocycles. The number of anilines is 1. The second kappa shape index (κ2) is 5.03. The predicted molar refractivity (Wildman–Crippen MR) is 57.7 cm³/mol. The zero-order valence-electron chi connectivity index (χ0n) is 8.54. The lowest BCUT2D eigenvalue weighted by Crippen LogP contribution is -2.22. The number of carboxylic acid groups (broad SMARTS) is 1. The molecule has 1 amide bonds.